The molecule has 14 heavy (non-hydrogen) atoms. The molecule has 0 spiro atoms. The fourth-order valence-corrected chi connectivity index (χ4v) is 1.29. The number of fused-ring (bicyclic) bond motifs is 1. The molecule has 0 fully saturated rings. The first-order valence-electron chi connectivity index (χ1n) is 4.14. The van der Waals surface area contributed by atoms with Gasteiger partial charge in [0, 0.05) is 11.5 Å². The van der Waals surface area contributed by atoms with E-state index in [1.807, 2.05) is 0 Å². The summed E-state index contributed by atoms with van der Waals surface area (Å²) in [7, 11) is -0.0141. The molecule has 2 rings (SSSR count). The zero-order chi connectivity index (χ0) is 10.1. The highest BCUT2D eigenvalue weighted by Gasteiger charge is 2.16. The van der Waals surface area contributed by atoms with Crippen LogP contribution in [0.1, 0.15) is 0 Å². The fraction of sp³-hybridized carbons (Fsp3) is 0.111. The average molecular weight is 192 g/mol. The molecular weight excluding hydrogens is 183 g/mol. The van der Waals surface area contributed by atoms with Crippen LogP contribution < -0.4 is 10.4 Å². The number of hydrogen-bond donors (Lipinski definition) is 2. The first kappa shape index (κ1) is 9.11. The van der Waals surface area contributed by atoms with Gasteiger partial charge in [0.15, 0.2) is 0 Å². The SMILES string of the molecule is COc1ccc2cc(B(O)O)oc2c1. The topological polar surface area (TPSA) is 62.8 Å². The number of ether oxygens (including phenoxy) is 1. The zero-order valence-electron chi connectivity index (χ0n) is 7.60. The van der Waals surface area contributed by atoms with E-state index in [-0.39, 0.29) is 5.66 Å². The van der Waals surface area contributed by atoms with Crippen LogP contribution in [0.5, 0.6) is 5.75 Å². The first-order chi connectivity index (χ1) is 6.70. The summed E-state index contributed by atoms with van der Waals surface area (Å²) >= 11 is 0. The Morgan fingerprint density at radius 2 is 2.07 bits per heavy atom. The van der Waals surface area contributed by atoms with Crippen molar-refractivity contribution in [3.05, 3.63) is 24.3 Å². The van der Waals surface area contributed by atoms with Gasteiger partial charge in [0.25, 0.3) is 0 Å². The highest BCUT2D eigenvalue weighted by molar-refractivity contribution is 6.57. The summed E-state index contributed by atoms with van der Waals surface area (Å²) in [4.78, 5) is 0. The maximum Gasteiger partial charge on any atom is 0.526 e. The monoisotopic (exact) mass is 192 g/mol. The summed E-state index contributed by atoms with van der Waals surface area (Å²) in [5, 5.41) is 18.6. The molecule has 0 aliphatic heterocycles. The fourth-order valence-electron chi connectivity index (χ4n) is 1.29. The first-order valence-corrected chi connectivity index (χ1v) is 4.14. The Balaban J connectivity index is 2.54. The molecule has 0 radical (unpaired) electrons. The summed E-state index contributed by atoms with van der Waals surface area (Å²) in [6, 6.07) is 6.86. The lowest BCUT2D eigenvalue weighted by Crippen LogP contribution is -2.27. The Labute approximate surface area is 80.9 Å². The summed E-state index contributed by atoms with van der Waals surface area (Å²) in [5.74, 6) is 0.672. The molecule has 1 aromatic carbocycles. The van der Waals surface area contributed by atoms with E-state index in [0.717, 1.165) is 5.39 Å². The molecule has 72 valence electrons. The third-order valence-electron chi connectivity index (χ3n) is 2.00. The Kier molecular flexibility index (Phi) is 2.19. The van der Waals surface area contributed by atoms with Crippen molar-refractivity contribution in [1.82, 2.24) is 0 Å². The van der Waals surface area contributed by atoms with Gasteiger partial charge in [-0.15, -0.1) is 0 Å². The van der Waals surface area contributed by atoms with Crippen molar-refractivity contribution < 1.29 is 19.2 Å². The highest BCUT2D eigenvalue weighted by atomic mass is 16.5. The minimum atomic E-state index is -1.58. The molecule has 2 aromatic rings. The maximum atomic E-state index is 8.88. The van der Waals surface area contributed by atoms with Crippen LogP contribution in [0.3, 0.4) is 0 Å². The van der Waals surface area contributed by atoms with Gasteiger partial charge in [-0.1, -0.05) is 0 Å². The van der Waals surface area contributed by atoms with Crippen molar-refractivity contribution in [1.29, 1.82) is 0 Å². The van der Waals surface area contributed by atoms with Gasteiger partial charge >= 0.3 is 7.12 Å². The van der Waals surface area contributed by atoms with E-state index in [0.29, 0.717) is 11.3 Å². The molecule has 0 amide bonds. The summed E-state index contributed by atoms with van der Waals surface area (Å²) in [6.07, 6.45) is 0. The molecule has 0 saturated heterocycles. The second-order valence-corrected chi connectivity index (χ2v) is 2.93. The second kappa shape index (κ2) is 3.36. The number of furan rings is 1. The van der Waals surface area contributed by atoms with Crippen LogP contribution in [0.4, 0.5) is 0 Å². The minimum Gasteiger partial charge on any atom is -0.497 e. The van der Waals surface area contributed by atoms with E-state index in [1.54, 1.807) is 31.4 Å². The molecule has 1 aromatic heterocycles. The molecule has 0 aliphatic rings. The summed E-state index contributed by atoms with van der Waals surface area (Å²) in [6.45, 7) is 0. The van der Waals surface area contributed by atoms with Gasteiger partial charge in [0.1, 0.15) is 17.0 Å². The zero-order valence-corrected chi connectivity index (χ0v) is 7.60. The normalized spacial score (nSPS) is 10.5. The van der Waals surface area contributed by atoms with Crippen LogP contribution in [0.25, 0.3) is 11.0 Å². The van der Waals surface area contributed by atoms with Crippen LogP contribution in [-0.4, -0.2) is 24.3 Å². The lowest BCUT2D eigenvalue weighted by molar-refractivity contribution is 0.409. The molecule has 4 nitrogen and oxygen atoms in total. The second-order valence-electron chi connectivity index (χ2n) is 2.93. The van der Waals surface area contributed by atoms with Crippen LogP contribution in [0.15, 0.2) is 28.7 Å². The molecule has 0 aliphatic carbocycles. The number of methoxy groups -OCH3 is 1. The summed E-state index contributed by atoms with van der Waals surface area (Å²) in [5.41, 5.74) is 0.709. The van der Waals surface area contributed by atoms with Crippen molar-refractivity contribution in [3.8, 4) is 5.75 Å². The van der Waals surface area contributed by atoms with Gasteiger partial charge in [0.05, 0.1) is 7.11 Å². The van der Waals surface area contributed by atoms with E-state index in [4.69, 9.17) is 19.2 Å². The molecule has 5 heteroatoms. The van der Waals surface area contributed by atoms with Crippen LogP contribution in [0, 0.1) is 0 Å². The molecule has 0 bridgehead atoms. The Hall–Kier alpha value is -1.46. The Morgan fingerprint density at radius 3 is 2.71 bits per heavy atom. The van der Waals surface area contributed by atoms with Crippen molar-refractivity contribution in [2.24, 2.45) is 0 Å². The van der Waals surface area contributed by atoms with Crippen LogP contribution >= 0.6 is 0 Å². The maximum absolute atomic E-state index is 8.88. The van der Waals surface area contributed by atoms with Gasteiger partial charge in [-0.2, -0.15) is 0 Å². The molecule has 2 N–H and O–H groups in total. The standard InChI is InChI=1S/C9H9BO4/c1-13-7-3-2-6-4-9(10(11)12)14-8(6)5-7/h2-5,11-12H,1H3. The average Bonchev–Trinajstić information content (AvgIpc) is 2.59. The van der Waals surface area contributed by atoms with Crippen molar-refractivity contribution in [3.63, 3.8) is 0 Å². The number of benzene rings is 1. The van der Waals surface area contributed by atoms with E-state index >= 15 is 0 Å². The predicted octanol–water partition coefficient (Wildman–Crippen LogP) is 0.121. The van der Waals surface area contributed by atoms with Crippen LogP contribution in [0.2, 0.25) is 0 Å². The summed E-state index contributed by atoms with van der Waals surface area (Å²) < 4.78 is 10.2. The smallest absolute Gasteiger partial charge is 0.497 e. The molecule has 0 saturated carbocycles. The molecule has 0 unspecified atom stereocenters. The Bertz CT molecular complexity index is 449. The number of rotatable bonds is 2. The van der Waals surface area contributed by atoms with E-state index in [2.05, 4.69) is 0 Å². The van der Waals surface area contributed by atoms with Gasteiger partial charge in [0.2, 0.25) is 0 Å². The third-order valence-corrected chi connectivity index (χ3v) is 2.00. The van der Waals surface area contributed by atoms with E-state index in [9.17, 15) is 0 Å². The largest absolute Gasteiger partial charge is 0.526 e. The van der Waals surface area contributed by atoms with Gasteiger partial charge < -0.3 is 19.2 Å². The highest BCUT2D eigenvalue weighted by Crippen LogP contribution is 2.20. The molecule has 1 heterocycles. The van der Waals surface area contributed by atoms with Gasteiger partial charge in [-0.05, 0) is 18.2 Å². The van der Waals surface area contributed by atoms with Crippen molar-refractivity contribution in [2.45, 2.75) is 0 Å². The minimum absolute atomic E-state index is 0.133. The molecule has 0 atom stereocenters. The third kappa shape index (κ3) is 1.47. The van der Waals surface area contributed by atoms with Crippen LogP contribution in [-0.2, 0) is 0 Å². The van der Waals surface area contributed by atoms with Gasteiger partial charge in [-0.3, -0.25) is 0 Å². The quantitative estimate of drug-likeness (QED) is 0.663. The van der Waals surface area contributed by atoms with E-state index in [1.165, 1.54) is 0 Å². The van der Waals surface area contributed by atoms with E-state index < -0.39 is 7.12 Å². The number of hydrogen-bond acceptors (Lipinski definition) is 4. The van der Waals surface area contributed by atoms with Crippen molar-refractivity contribution in [2.75, 3.05) is 7.11 Å². The van der Waals surface area contributed by atoms with Crippen molar-refractivity contribution >= 4 is 23.7 Å². The Morgan fingerprint density at radius 1 is 1.29 bits per heavy atom. The predicted molar refractivity (Wildman–Crippen MR) is 52.6 cm³/mol. The lowest BCUT2D eigenvalue weighted by Gasteiger charge is -1.96. The molecular formula is C9H9BO4. The lowest BCUT2D eigenvalue weighted by atomic mass is 9.88. The van der Waals surface area contributed by atoms with Gasteiger partial charge in [-0.25, -0.2) is 0 Å².